The molecular formula is C24H19ClINO2. The normalized spacial score (nSPS) is 11.0. The topological polar surface area (TPSA) is 42.2 Å². The number of hydrogen-bond donors (Lipinski definition) is 0. The van der Waals surface area contributed by atoms with Crippen LogP contribution in [0.2, 0.25) is 5.02 Å². The smallest absolute Gasteiger partial charge is 0.175 e. The molecule has 0 aliphatic rings. The maximum Gasteiger partial charge on any atom is 0.175 e. The van der Waals surface area contributed by atoms with Crippen molar-refractivity contribution in [3.63, 3.8) is 0 Å². The van der Waals surface area contributed by atoms with Gasteiger partial charge in [0.1, 0.15) is 6.61 Å². The number of rotatable bonds is 7. The van der Waals surface area contributed by atoms with Crippen molar-refractivity contribution < 1.29 is 9.47 Å². The zero-order chi connectivity index (χ0) is 20.6. The highest BCUT2D eigenvalue weighted by atomic mass is 127. The Kier molecular flexibility index (Phi) is 7.56. The molecule has 0 radical (unpaired) electrons. The van der Waals surface area contributed by atoms with Crippen LogP contribution < -0.4 is 9.47 Å². The lowest BCUT2D eigenvalue weighted by Crippen LogP contribution is -2.02. The monoisotopic (exact) mass is 515 g/mol. The number of benzene rings is 3. The standard InChI is InChI=1S/C24H19ClINO2/c1-2-28-23-14-17(12-20(15-27)18-8-4-3-5-9-18)13-22(26)24(23)29-16-19-10-6-7-11-21(19)25/h3-14H,2,16H2,1H3. The largest absolute Gasteiger partial charge is 0.490 e. The first-order valence-corrected chi connectivity index (χ1v) is 10.6. The molecule has 0 unspecified atom stereocenters. The number of ether oxygens (including phenoxy) is 2. The Morgan fingerprint density at radius 2 is 1.79 bits per heavy atom. The van der Waals surface area contributed by atoms with Crippen molar-refractivity contribution >= 4 is 45.8 Å². The summed E-state index contributed by atoms with van der Waals surface area (Å²) in [5.74, 6) is 1.31. The quantitative estimate of drug-likeness (QED) is 0.194. The van der Waals surface area contributed by atoms with Gasteiger partial charge in [-0.1, -0.05) is 60.1 Å². The van der Waals surface area contributed by atoms with Gasteiger partial charge in [-0.3, -0.25) is 0 Å². The average Bonchev–Trinajstić information content (AvgIpc) is 2.73. The van der Waals surface area contributed by atoms with Crippen molar-refractivity contribution in [3.8, 4) is 17.6 Å². The lowest BCUT2D eigenvalue weighted by atomic mass is 10.0. The Labute approximate surface area is 189 Å². The van der Waals surface area contributed by atoms with Gasteiger partial charge < -0.3 is 9.47 Å². The van der Waals surface area contributed by atoms with Crippen LogP contribution in [0.15, 0.2) is 66.7 Å². The van der Waals surface area contributed by atoms with Crippen LogP contribution in [0.3, 0.4) is 0 Å². The Hall–Kier alpha value is -2.49. The number of hydrogen-bond acceptors (Lipinski definition) is 3. The highest BCUT2D eigenvalue weighted by molar-refractivity contribution is 14.1. The zero-order valence-electron chi connectivity index (χ0n) is 15.9. The van der Waals surface area contributed by atoms with Gasteiger partial charge in [0.25, 0.3) is 0 Å². The second kappa shape index (κ2) is 10.3. The van der Waals surface area contributed by atoms with Crippen molar-refractivity contribution in [2.45, 2.75) is 13.5 Å². The van der Waals surface area contributed by atoms with Crippen LogP contribution in [-0.4, -0.2) is 6.61 Å². The van der Waals surface area contributed by atoms with E-state index in [1.54, 1.807) is 0 Å². The minimum atomic E-state index is 0.346. The van der Waals surface area contributed by atoms with Crippen LogP contribution in [0.25, 0.3) is 11.6 Å². The molecule has 0 spiro atoms. The van der Waals surface area contributed by atoms with Crippen LogP contribution in [0.5, 0.6) is 11.5 Å². The summed E-state index contributed by atoms with van der Waals surface area (Å²) in [5, 5.41) is 10.3. The lowest BCUT2D eigenvalue weighted by Gasteiger charge is -2.15. The molecule has 0 N–H and O–H groups in total. The van der Waals surface area contributed by atoms with Crippen LogP contribution in [0.1, 0.15) is 23.6 Å². The molecule has 3 nitrogen and oxygen atoms in total. The fraction of sp³-hybridized carbons (Fsp3) is 0.125. The van der Waals surface area contributed by atoms with Gasteiger partial charge in [-0.25, -0.2) is 0 Å². The summed E-state index contributed by atoms with van der Waals surface area (Å²) in [7, 11) is 0. The van der Waals surface area contributed by atoms with E-state index in [-0.39, 0.29) is 0 Å². The molecule has 5 heteroatoms. The molecule has 0 fully saturated rings. The van der Waals surface area contributed by atoms with Gasteiger partial charge in [0.05, 0.1) is 21.8 Å². The number of nitriles is 1. The van der Waals surface area contributed by atoms with Crippen molar-refractivity contribution in [1.29, 1.82) is 5.26 Å². The number of allylic oxidation sites excluding steroid dienone is 1. The maximum atomic E-state index is 9.59. The third-order valence-corrected chi connectivity index (χ3v) is 5.35. The van der Waals surface area contributed by atoms with Crippen molar-refractivity contribution in [1.82, 2.24) is 0 Å². The average molecular weight is 516 g/mol. The molecule has 3 aromatic carbocycles. The fourth-order valence-corrected chi connectivity index (χ4v) is 3.78. The first-order chi connectivity index (χ1) is 14.1. The second-order valence-corrected chi connectivity index (χ2v) is 7.75. The lowest BCUT2D eigenvalue weighted by molar-refractivity contribution is 0.267. The molecule has 0 saturated heterocycles. The molecule has 0 aliphatic carbocycles. The molecule has 0 saturated carbocycles. The predicted octanol–water partition coefficient (Wildman–Crippen LogP) is 6.99. The van der Waals surface area contributed by atoms with E-state index in [0.717, 1.165) is 20.3 Å². The zero-order valence-corrected chi connectivity index (χ0v) is 18.8. The Balaban J connectivity index is 1.93. The van der Waals surface area contributed by atoms with E-state index in [1.807, 2.05) is 79.7 Å². The van der Waals surface area contributed by atoms with Crippen molar-refractivity contribution in [2.75, 3.05) is 6.61 Å². The molecule has 0 aromatic heterocycles. The van der Waals surface area contributed by atoms with E-state index in [9.17, 15) is 5.26 Å². The van der Waals surface area contributed by atoms with Gasteiger partial charge in [0.15, 0.2) is 11.5 Å². The maximum absolute atomic E-state index is 9.59. The summed E-state index contributed by atoms with van der Waals surface area (Å²) < 4.78 is 12.8. The summed E-state index contributed by atoms with van der Waals surface area (Å²) in [6.07, 6.45) is 1.86. The first-order valence-electron chi connectivity index (χ1n) is 9.12. The van der Waals surface area contributed by atoms with E-state index < -0.39 is 0 Å². The fourth-order valence-electron chi connectivity index (χ4n) is 2.80. The first kappa shape index (κ1) is 21.2. The van der Waals surface area contributed by atoms with Gasteiger partial charge >= 0.3 is 0 Å². The molecule has 0 amide bonds. The molecule has 29 heavy (non-hydrogen) atoms. The SMILES string of the molecule is CCOc1cc(C=C(C#N)c2ccccc2)cc(I)c1OCc1ccccc1Cl. The molecule has 3 rings (SSSR count). The number of halogens is 2. The Morgan fingerprint density at radius 3 is 2.48 bits per heavy atom. The summed E-state index contributed by atoms with van der Waals surface area (Å²) in [4.78, 5) is 0. The van der Waals surface area contributed by atoms with Crippen LogP contribution in [0.4, 0.5) is 0 Å². The van der Waals surface area contributed by atoms with Crippen molar-refractivity contribution in [2.24, 2.45) is 0 Å². The predicted molar refractivity (Wildman–Crippen MR) is 126 cm³/mol. The van der Waals surface area contributed by atoms with Crippen LogP contribution >= 0.6 is 34.2 Å². The van der Waals surface area contributed by atoms with Crippen molar-refractivity contribution in [3.05, 3.63) is 92.0 Å². The molecule has 3 aromatic rings. The molecule has 146 valence electrons. The summed E-state index contributed by atoms with van der Waals surface area (Å²) in [6.45, 7) is 2.78. The van der Waals surface area contributed by atoms with Gasteiger partial charge in [-0.15, -0.1) is 0 Å². The summed E-state index contributed by atoms with van der Waals surface area (Å²) in [6, 6.07) is 23.4. The number of nitrogens with zero attached hydrogens (tertiary/aromatic N) is 1. The van der Waals surface area contributed by atoms with E-state index in [4.69, 9.17) is 21.1 Å². The summed E-state index contributed by atoms with van der Waals surface area (Å²) >= 11 is 8.46. The van der Waals surface area contributed by atoms with Gasteiger partial charge in [0, 0.05) is 10.6 Å². The van der Waals surface area contributed by atoms with Crippen LogP contribution in [0, 0.1) is 14.9 Å². The Bertz CT molecular complexity index is 1060. The highest BCUT2D eigenvalue weighted by Gasteiger charge is 2.13. The molecule has 0 aliphatic heterocycles. The third kappa shape index (κ3) is 5.53. The van der Waals surface area contributed by atoms with Gasteiger partial charge in [-0.05, 0) is 64.9 Å². The minimum absolute atomic E-state index is 0.346. The second-order valence-electron chi connectivity index (χ2n) is 6.18. The van der Waals surface area contributed by atoms with E-state index in [1.165, 1.54) is 0 Å². The molecule has 0 bridgehead atoms. The van der Waals surface area contributed by atoms with Crippen LogP contribution in [-0.2, 0) is 6.61 Å². The van der Waals surface area contributed by atoms with E-state index in [2.05, 4.69) is 28.7 Å². The van der Waals surface area contributed by atoms with Gasteiger partial charge in [0.2, 0.25) is 0 Å². The minimum Gasteiger partial charge on any atom is -0.490 e. The Morgan fingerprint density at radius 1 is 1.07 bits per heavy atom. The molecule has 0 atom stereocenters. The summed E-state index contributed by atoms with van der Waals surface area (Å²) in [5.41, 5.74) is 3.26. The highest BCUT2D eigenvalue weighted by Crippen LogP contribution is 2.36. The molecular weight excluding hydrogens is 497 g/mol. The van der Waals surface area contributed by atoms with E-state index >= 15 is 0 Å². The third-order valence-electron chi connectivity index (χ3n) is 4.18. The van der Waals surface area contributed by atoms with E-state index in [0.29, 0.717) is 35.3 Å². The van der Waals surface area contributed by atoms with Gasteiger partial charge in [-0.2, -0.15) is 5.26 Å². The molecule has 0 heterocycles.